The van der Waals surface area contributed by atoms with Crippen molar-refractivity contribution in [1.29, 1.82) is 0 Å². The van der Waals surface area contributed by atoms with Crippen LogP contribution in [0.3, 0.4) is 0 Å². The van der Waals surface area contributed by atoms with Crippen molar-refractivity contribution in [1.82, 2.24) is 5.32 Å². The monoisotopic (exact) mass is 356 g/mol. The summed E-state index contributed by atoms with van der Waals surface area (Å²) < 4.78 is 9.69. The third-order valence-corrected chi connectivity index (χ3v) is 3.10. The zero-order valence-electron chi connectivity index (χ0n) is 14.2. The fourth-order valence-corrected chi connectivity index (χ4v) is 1.86. The summed E-state index contributed by atoms with van der Waals surface area (Å²) in [5, 5.41) is 5.21. The summed E-state index contributed by atoms with van der Waals surface area (Å²) in [6.07, 6.45) is -0.698. The van der Waals surface area contributed by atoms with Crippen LogP contribution in [0, 0.1) is 0 Å². The Balaban J connectivity index is 2.74. The van der Waals surface area contributed by atoms with Gasteiger partial charge >= 0.3 is 12.1 Å². The summed E-state index contributed by atoms with van der Waals surface area (Å²) in [4.78, 5) is 35.4. The molecule has 0 radical (unpaired) electrons. The summed E-state index contributed by atoms with van der Waals surface area (Å²) in [5.41, 5.74) is -0.182. The van der Waals surface area contributed by atoms with E-state index >= 15 is 0 Å². The number of methoxy groups -OCH3 is 1. The van der Waals surface area contributed by atoms with Gasteiger partial charge in [-0.2, -0.15) is 0 Å². The van der Waals surface area contributed by atoms with Crippen molar-refractivity contribution in [2.45, 2.75) is 39.3 Å². The van der Waals surface area contributed by atoms with Gasteiger partial charge in [-0.1, -0.05) is 11.6 Å². The summed E-state index contributed by atoms with van der Waals surface area (Å²) in [6.45, 7) is 6.68. The zero-order chi connectivity index (χ0) is 18.5. The van der Waals surface area contributed by atoms with Crippen LogP contribution < -0.4 is 10.6 Å². The molecule has 0 heterocycles. The van der Waals surface area contributed by atoms with Gasteiger partial charge in [0.2, 0.25) is 5.91 Å². The van der Waals surface area contributed by atoms with E-state index in [1.165, 1.54) is 32.2 Å². The SMILES string of the molecule is COC(=O)c1cc(NC(=O)C(C)NC(=O)OC(C)(C)C)ccc1Cl. The molecule has 8 heteroatoms. The number of carbonyl (C=O) groups excluding carboxylic acids is 3. The Morgan fingerprint density at radius 1 is 1.21 bits per heavy atom. The number of hydrogen-bond acceptors (Lipinski definition) is 5. The first-order chi connectivity index (χ1) is 11.0. The van der Waals surface area contributed by atoms with Crippen LogP contribution >= 0.6 is 11.6 Å². The van der Waals surface area contributed by atoms with Crippen molar-refractivity contribution < 1.29 is 23.9 Å². The lowest BCUT2D eigenvalue weighted by Crippen LogP contribution is -2.44. The number of amides is 2. The zero-order valence-corrected chi connectivity index (χ0v) is 15.0. The molecule has 0 aliphatic rings. The maximum atomic E-state index is 12.1. The van der Waals surface area contributed by atoms with Crippen LogP contribution in [0.15, 0.2) is 18.2 Å². The highest BCUT2D eigenvalue weighted by atomic mass is 35.5. The van der Waals surface area contributed by atoms with Crippen LogP contribution in [0.1, 0.15) is 38.1 Å². The average Bonchev–Trinajstić information content (AvgIpc) is 2.46. The molecule has 0 saturated carbocycles. The number of benzene rings is 1. The largest absolute Gasteiger partial charge is 0.465 e. The third-order valence-electron chi connectivity index (χ3n) is 2.77. The first-order valence-corrected chi connectivity index (χ1v) is 7.59. The van der Waals surface area contributed by atoms with Crippen LogP contribution in [0.2, 0.25) is 5.02 Å². The van der Waals surface area contributed by atoms with Gasteiger partial charge in [0, 0.05) is 5.69 Å². The van der Waals surface area contributed by atoms with E-state index in [9.17, 15) is 14.4 Å². The minimum absolute atomic E-state index is 0.129. The van der Waals surface area contributed by atoms with E-state index in [1.54, 1.807) is 20.8 Å². The van der Waals surface area contributed by atoms with Crippen LogP contribution in [-0.2, 0) is 14.3 Å². The van der Waals surface area contributed by atoms with Crippen molar-refractivity contribution in [3.8, 4) is 0 Å². The Labute approximate surface area is 145 Å². The van der Waals surface area contributed by atoms with Crippen LogP contribution in [0.4, 0.5) is 10.5 Å². The lowest BCUT2D eigenvalue weighted by atomic mass is 10.2. The van der Waals surface area contributed by atoms with Crippen molar-refractivity contribution in [3.63, 3.8) is 0 Å². The van der Waals surface area contributed by atoms with E-state index in [0.717, 1.165) is 0 Å². The Bertz CT molecular complexity index is 640. The van der Waals surface area contributed by atoms with Crippen molar-refractivity contribution in [2.24, 2.45) is 0 Å². The molecule has 0 aromatic heterocycles. The number of ether oxygens (including phenoxy) is 2. The molecule has 24 heavy (non-hydrogen) atoms. The number of anilines is 1. The smallest absolute Gasteiger partial charge is 0.408 e. The molecule has 1 unspecified atom stereocenters. The Morgan fingerprint density at radius 3 is 2.38 bits per heavy atom. The summed E-state index contributed by atoms with van der Waals surface area (Å²) in [6, 6.07) is 3.56. The minimum Gasteiger partial charge on any atom is -0.465 e. The van der Waals surface area contributed by atoms with Crippen molar-refractivity contribution in [2.75, 3.05) is 12.4 Å². The minimum atomic E-state index is -0.836. The molecular weight excluding hydrogens is 336 g/mol. The van der Waals surface area contributed by atoms with E-state index in [2.05, 4.69) is 15.4 Å². The van der Waals surface area contributed by atoms with Gasteiger partial charge in [-0.3, -0.25) is 4.79 Å². The molecule has 7 nitrogen and oxygen atoms in total. The molecule has 2 N–H and O–H groups in total. The normalized spacial score (nSPS) is 12.1. The van der Waals surface area contributed by atoms with Crippen molar-refractivity contribution in [3.05, 3.63) is 28.8 Å². The topological polar surface area (TPSA) is 93.7 Å². The van der Waals surface area contributed by atoms with Gasteiger partial charge < -0.3 is 20.1 Å². The number of rotatable bonds is 4. The molecule has 0 bridgehead atoms. The quantitative estimate of drug-likeness (QED) is 0.809. The molecular formula is C16H21ClN2O5. The molecule has 0 fully saturated rings. The Morgan fingerprint density at radius 2 is 1.83 bits per heavy atom. The van der Waals surface area contributed by atoms with E-state index in [-0.39, 0.29) is 10.6 Å². The molecule has 1 rings (SSSR count). The van der Waals surface area contributed by atoms with Gasteiger partial charge in [-0.25, -0.2) is 9.59 Å². The highest BCUT2D eigenvalue weighted by Crippen LogP contribution is 2.21. The molecule has 1 aromatic carbocycles. The molecule has 0 saturated heterocycles. The molecule has 0 aliphatic heterocycles. The van der Waals surface area contributed by atoms with Gasteiger partial charge in [0.05, 0.1) is 17.7 Å². The second-order valence-corrected chi connectivity index (χ2v) is 6.45. The number of alkyl carbamates (subject to hydrolysis) is 1. The Hall–Kier alpha value is -2.28. The van der Waals surface area contributed by atoms with Crippen LogP contribution in [0.5, 0.6) is 0 Å². The molecule has 2 amide bonds. The summed E-state index contributed by atoms with van der Waals surface area (Å²) in [5.74, 6) is -1.09. The fraction of sp³-hybridized carbons (Fsp3) is 0.438. The molecule has 1 atom stereocenters. The fourth-order valence-electron chi connectivity index (χ4n) is 1.67. The lowest BCUT2D eigenvalue weighted by molar-refractivity contribution is -0.117. The summed E-state index contributed by atoms with van der Waals surface area (Å²) in [7, 11) is 1.23. The maximum absolute atomic E-state index is 12.1. The predicted octanol–water partition coefficient (Wildman–Crippen LogP) is 2.98. The van der Waals surface area contributed by atoms with E-state index < -0.39 is 29.6 Å². The maximum Gasteiger partial charge on any atom is 0.408 e. The number of hydrogen-bond donors (Lipinski definition) is 2. The summed E-state index contributed by atoms with van der Waals surface area (Å²) >= 11 is 5.91. The molecule has 0 spiro atoms. The van der Waals surface area contributed by atoms with E-state index in [0.29, 0.717) is 5.69 Å². The van der Waals surface area contributed by atoms with E-state index in [4.69, 9.17) is 16.3 Å². The van der Waals surface area contributed by atoms with Gasteiger partial charge in [0.25, 0.3) is 0 Å². The average molecular weight is 357 g/mol. The first kappa shape index (κ1) is 19.8. The highest BCUT2D eigenvalue weighted by molar-refractivity contribution is 6.33. The predicted molar refractivity (Wildman–Crippen MR) is 90.3 cm³/mol. The van der Waals surface area contributed by atoms with Gasteiger partial charge in [-0.15, -0.1) is 0 Å². The van der Waals surface area contributed by atoms with E-state index in [1.807, 2.05) is 0 Å². The third kappa shape index (κ3) is 6.08. The van der Waals surface area contributed by atoms with Gasteiger partial charge in [0.1, 0.15) is 11.6 Å². The van der Waals surface area contributed by atoms with Gasteiger partial charge in [0.15, 0.2) is 0 Å². The lowest BCUT2D eigenvalue weighted by Gasteiger charge is -2.21. The number of nitrogens with one attached hydrogen (secondary N) is 2. The second-order valence-electron chi connectivity index (χ2n) is 6.04. The van der Waals surface area contributed by atoms with Gasteiger partial charge in [-0.05, 0) is 45.9 Å². The van der Waals surface area contributed by atoms with Crippen LogP contribution in [0.25, 0.3) is 0 Å². The number of halogens is 1. The standard InChI is InChI=1S/C16H21ClN2O5/c1-9(18-15(22)24-16(2,3)4)13(20)19-10-6-7-12(17)11(8-10)14(21)23-5/h6-9H,1-5H3,(H,18,22)(H,19,20). The first-order valence-electron chi connectivity index (χ1n) is 7.21. The molecule has 132 valence electrons. The Kier molecular flexibility index (Phi) is 6.60. The molecule has 0 aliphatic carbocycles. The molecule has 1 aromatic rings. The number of carbonyl (C=O) groups is 3. The van der Waals surface area contributed by atoms with Crippen molar-refractivity contribution >= 4 is 35.3 Å². The van der Waals surface area contributed by atoms with Crippen LogP contribution in [-0.4, -0.2) is 36.7 Å². The highest BCUT2D eigenvalue weighted by Gasteiger charge is 2.21. The second kappa shape index (κ2) is 8.01. The number of esters is 1.